The van der Waals surface area contributed by atoms with Crippen molar-refractivity contribution in [1.82, 2.24) is 9.97 Å². The largest absolute Gasteiger partial charge is 0.384 e. The lowest BCUT2D eigenvalue weighted by molar-refractivity contribution is 1.09. The van der Waals surface area contributed by atoms with E-state index in [4.69, 9.17) is 0 Å². The minimum atomic E-state index is 0. The molecule has 0 spiro atoms. The summed E-state index contributed by atoms with van der Waals surface area (Å²) in [4.78, 5) is 6.35. The van der Waals surface area contributed by atoms with Gasteiger partial charge in [0.05, 0.1) is 0 Å². The van der Waals surface area contributed by atoms with Crippen molar-refractivity contribution in [3.63, 3.8) is 0 Å². The summed E-state index contributed by atoms with van der Waals surface area (Å²) < 4.78 is 0. The number of nitrogens with one attached hydrogen (secondary N) is 4. The topological polar surface area (TPSA) is 55.6 Å². The molecule has 44 heavy (non-hydrogen) atoms. The number of hydrogen-bond acceptors (Lipinski definition) is 2. The van der Waals surface area contributed by atoms with E-state index >= 15 is 0 Å². The van der Waals surface area contributed by atoms with Crippen LogP contribution in [0.4, 0.5) is 11.4 Å². The molecule has 0 aliphatic carbocycles. The van der Waals surface area contributed by atoms with Gasteiger partial charge in [0, 0.05) is 53.3 Å². The molecule has 6 aromatic rings. The number of fused-ring (bicyclic) bond motifs is 4. The first-order valence-corrected chi connectivity index (χ1v) is 14.2. The SMILES string of the molecule is C.C.C.C.Cc1cccc2[nH]ccc12.Cc1cccc2c1CCN2.Cc1cccc2c1NCC2.Cc1cccc2cc[nH]c12. The minimum Gasteiger partial charge on any atom is -0.384 e. The molecule has 8 rings (SSSR count). The quantitative estimate of drug-likeness (QED) is 0.142. The van der Waals surface area contributed by atoms with Crippen molar-refractivity contribution in [3.05, 3.63) is 131 Å². The normalized spacial score (nSPS) is 11.4. The lowest BCUT2D eigenvalue weighted by Crippen LogP contribution is -1.92. The Balaban J connectivity index is 0.000000285. The second kappa shape index (κ2) is 17.6. The third kappa shape index (κ3) is 8.79. The predicted octanol–water partition coefficient (Wildman–Crippen LogP) is 11.4. The van der Waals surface area contributed by atoms with Crippen molar-refractivity contribution in [1.29, 1.82) is 0 Å². The van der Waals surface area contributed by atoms with Gasteiger partial charge in [-0.25, -0.2) is 0 Å². The Morgan fingerprint density at radius 2 is 1.16 bits per heavy atom. The van der Waals surface area contributed by atoms with Crippen LogP contribution in [-0.4, -0.2) is 23.1 Å². The van der Waals surface area contributed by atoms with Gasteiger partial charge < -0.3 is 20.6 Å². The van der Waals surface area contributed by atoms with Crippen molar-refractivity contribution in [2.75, 3.05) is 23.7 Å². The molecule has 4 nitrogen and oxygen atoms in total. The second-order valence-electron chi connectivity index (χ2n) is 10.6. The number of hydrogen-bond donors (Lipinski definition) is 4. The molecule has 2 aromatic heterocycles. The highest BCUT2D eigenvalue weighted by Crippen LogP contribution is 2.25. The van der Waals surface area contributed by atoms with Crippen molar-refractivity contribution in [2.24, 2.45) is 0 Å². The minimum absolute atomic E-state index is 0. The van der Waals surface area contributed by atoms with E-state index in [2.05, 4.69) is 133 Å². The summed E-state index contributed by atoms with van der Waals surface area (Å²) >= 11 is 0. The molecule has 0 radical (unpaired) electrons. The Hall–Kier alpha value is -4.44. The molecule has 2 aliphatic heterocycles. The summed E-state index contributed by atoms with van der Waals surface area (Å²) in [7, 11) is 0. The first-order chi connectivity index (χ1) is 19.5. The van der Waals surface area contributed by atoms with Gasteiger partial charge in [0.1, 0.15) is 0 Å². The highest BCUT2D eigenvalue weighted by Gasteiger charge is 2.10. The van der Waals surface area contributed by atoms with Crippen molar-refractivity contribution >= 4 is 33.2 Å². The predicted molar refractivity (Wildman–Crippen MR) is 200 cm³/mol. The van der Waals surface area contributed by atoms with Crippen molar-refractivity contribution < 1.29 is 0 Å². The molecule has 4 N–H and O–H groups in total. The third-order valence-corrected chi connectivity index (χ3v) is 7.76. The maximum atomic E-state index is 3.37. The zero-order valence-corrected chi connectivity index (χ0v) is 24.1. The molecule has 0 saturated heterocycles. The van der Waals surface area contributed by atoms with Gasteiger partial charge in [0.15, 0.2) is 0 Å². The van der Waals surface area contributed by atoms with Crippen LogP contribution >= 0.6 is 0 Å². The molecule has 4 heteroatoms. The van der Waals surface area contributed by atoms with Gasteiger partial charge in [-0.05, 0) is 104 Å². The van der Waals surface area contributed by atoms with Gasteiger partial charge in [-0.2, -0.15) is 0 Å². The summed E-state index contributed by atoms with van der Waals surface area (Å²) in [6.07, 6.45) is 6.33. The molecule has 0 fully saturated rings. The Morgan fingerprint density at radius 1 is 0.523 bits per heavy atom. The van der Waals surface area contributed by atoms with Crippen LogP contribution in [0, 0.1) is 27.7 Å². The standard InChI is InChI=1S/C9H11N.C9H9N.C9H11N.C9H9N.4CH4/c2*1-7-3-2-4-9-8(7)5-6-10-9;2*1-7-3-2-4-8-5-6-10-9(7)8;;;;/h2-4,10H,5-6H2,1H3;2-6,10H,1H3;2-4,10H,5-6H2,1H3;2-6,10H,1H3;4*1H4. The number of para-hydroxylation sites is 2. The van der Waals surface area contributed by atoms with Crippen molar-refractivity contribution in [2.45, 2.75) is 70.2 Å². The molecule has 0 atom stereocenters. The fraction of sp³-hybridized carbons (Fsp3) is 0.300. The molecule has 4 heterocycles. The van der Waals surface area contributed by atoms with Crippen molar-refractivity contribution in [3.8, 4) is 0 Å². The Bertz CT molecular complexity index is 1580. The van der Waals surface area contributed by atoms with Gasteiger partial charge in [-0.3, -0.25) is 0 Å². The van der Waals surface area contributed by atoms with E-state index in [1.54, 1.807) is 0 Å². The van der Waals surface area contributed by atoms with Crippen LogP contribution in [0.3, 0.4) is 0 Å². The summed E-state index contributed by atoms with van der Waals surface area (Å²) in [5, 5.41) is 9.32. The zero-order chi connectivity index (χ0) is 27.9. The molecule has 0 unspecified atom stereocenters. The summed E-state index contributed by atoms with van der Waals surface area (Å²) in [6.45, 7) is 10.8. The third-order valence-electron chi connectivity index (χ3n) is 7.76. The maximum Gasteiger partial charge on any atom is 0.0483 e. The van der Waals surface area contributed by atoms with E-state index in [1.807, 2.05) is 12.4 Å². The van der Waals surface area contributed by atoms with Crippen LogP contribution in [0.1, 0.15) is 63.1 Å². The van der Waals surface area contributed by atoms with E-state index in [0.29, 0.717) is 0 Å². The average Bonchev–Trinajstić information content (AvgIpc) is 3.77. The van der Waals surface area contributed by atoms with E-state index in [9.17, 15) is 0 Å². The van der Waals surface area contributed by atoms with E-state index < -0.39 is 0 Å². The monoisotopic (exact) mass is 592 g/mol. The van der Waals surface area contributed by atoms with Gasteiger partial charge in [-0.1, -0.05) is 90.4 Å². The van der Waals surface area contributed by atoms with Gasteiger partial charge >= 0.3 is 0 Å². The number of benzene rings is 4. The summed E-state index contributed by atoms with van der Waals surface area (Å²) in [6, 6.07) is 29.6. The fourth-order valence-electron chi connectivity index (χ4n) is 5.52. The lowest BCUT2D eigenvalue weighted by atomic mass is 10.1. The Kier molecular flexibility index (Phi) is 15.1. The highest BCUT2D eigenvalue weighted by molar-refractivity contribution is 5.83. The summed E-state index contributed by atoms with van der Waals surface area (Å²) in [5.74, 6) is 0. The van der Waals surface area contributed by atoms with Crippen LogP contribution in [0.15, 0.2) is 97.3 Å². The van der Waals surface area contributed by atoms with E-state index in [1.165, 1.54) is 79.4 Å². The summed E-state index contributed by atoms with van der Waals surface area (Å²) in [5.41, 5.74) is 13.6. The molecule has 0 saturated carbocycles. The molecule has 4 aromatic carbocycles. The lowest BCUT2D eigenvalue weighted by Gasteiger charge is -2.01. The molecule has 236 valence electrons. The van der Waals surface area contributed by atoms with Crippen LogP contribution < -0.4 is 10.6 Å². The molecular formula is C40H56N4. The van der Waals surface area contributed by atoms with Crippen LogP contribution in [0.2, 0.25) is 0 Å². The number of rotatable bonds is 0. The Morgan fingerprint density at radius 3 is 1.89 bits per heavy atom. The fourth-order valence-corrected chi connectivity index (χ4v) is 5.52. The smallest absolute Gasteiger partial charge is 0.0483 e. The van der Waals surface area contributed by atoms with E-state index in [0.717, 1.165) is 13.1 Å². The molecule has 0 bridgehead atoms. The zero-order valence-electron chi connectivity index (χ0n) is 24.1. The van der Waals surface area contributed by atoms with Crippen LogP contribution in [-0.2, 0) is 12.8 Å². The van der Waals surface area contributed by atoms with Gasteiger partial charge in [-0.15, -0.1) is 0 Å². The number of aryl methyl sites for hydroxylation is 4. The van der Waals surface area contributed by atoms with E-state index in [-0.39, 0.29) is 29.7 Å². The number of aromatic nitrogens is 2. The number of aromatic amines is 2. The van der Waals surface area contributed by atoms with Gasteiger partial charge in [0.25, 0.3) is 0 Å². The van der Waals surface area contributed by atoms with Gasteiger partial charge in [0.2, 0.25) is 0 Å². The highest BCUT2D eigenvalue weighted by atomic mass is 14.9. The second-order valence-corrected chi connectivity index (χ2v) is 10.6. The maximum absolute atomic E-state index is 3.37. The molecule has 0 amide bonds. The first-order valence-electron chi connectivity index (χ1n) is 14.2. The Labute approximate surface area is 267 Å². The van der Waals surface area contributed by atoms with Crippen LogP contribution in [0.5, 0.6) is 0 Å². The molecule has 2 aliphatic rings. The molecular weight excluding hydrogens is 536 g/mol. The first kappa shape index (κ1) is 37.6. The number of anilines is 2. The average molecular weight is 593 g/mol. The number of H-pyrrole nitrogens is 2. The van der Waals surface area contributed by atoms with Crippen LogP contribution in [0.25, 0.3) is 21.8 Å².